The molecule has 0 aromatic rings. The van der Waals surface area contributed by atoms with E-state index < -0.39 is 6.10 Å². The van der Waals surface area contributed by atoms with Gasteiger partial charge in [0.1, 0.15) is 17.7 Å². The van der Waals surface area contributed by atoms with Gasteiger partial charge >= 0.3 is 0 Å². The van der Waals surface area contributed by atoms with Crippen molar-refractivity contribution in [1.29, 1.82) is 0 Å². The standard InChI is InChI=1S/C11H20N2O2/c1-7(2)5-13-6-9(14)10(15)8(3)11(13)12-4/h6-8,10,14-15H,5H2,1-4H3. The van der Waals surface area contributed by atoms with Gasteiger partial charge in [0.15, 0.2) is 0 Å². The third-order valence-electron chi connectivity index (χ3n) is 2.56. The molecule has 0 fully saturated rings. The van der Waals surface area contributed by atoms with Gasteiger partial charge in [-0.05, 0) is 5.92 Å². The molecule has 1 rings (SSSR count). The molecule has 0 radical (unpaired) electrons. The van der Waals surface area contributed by atoms with Gasteiger partial charge in [-0.3, -0.25) is 4.99 Å². The Morgan fingerprint density at radius 1 is 1.53 bits per heavy atom. The average molecular weight is 212 g/mol. The van der Waals surface area contributed by atoms with Crippen LogP contribution in [-0.4, -0.2) is 40.6 Å². The lowest BCUT2D eigenvalue weighted by Crippen LogP contribution is -2.44. The van der Waals surface area contributed by atoms with Crippen LogP contribution in [0.25, 0.3) is 0 Å². The van der Waals surface area contributed by atoms with Crippen molar-refractivity contribution in [1.82, 2.24) is 4.90 Å². The van der Waals surface area contributed by atoms with Crippen molar-refractivity contribution in [2.45, 2.75) is 26.9 Å². The molecular weight excluding hydrogens is 192 g/mol. The van der Waals surface area contributed by atoms with Gasteiger partial charge in [0, 0.05) is 25.7 Å². The first-order chi connectivity index (χ1) is 6.97. The molecule has 0 amide bonds. The molecule has 2 N–H and O–H groups in total. The van der Waals surface area contributed by atoms with Crippen LogP contribution in [0.4, 0.5) is 0 Å². The second kappa shape index (κ2) is 4.66. The Labute approximate surface area is 90.9 Å². The predicted molar refractivity (Wildman–Crippen MR) is 60.8 cm³/mol. The lowest BCUT2D eigenvalue weighted by Gasteiger charge is -2.34. The molecule has 0 aromatic heterocycles. The van der Waals surface area contributed by atoms with Gasteiger partial charge in [0.25, 0.3) is 0 Å². The summed E-state index contributed by atoms with van der Waals surface area (Å²) in [5, 5.41) is 19.2. The summed E-state index contributed by atoms with van der Waals surface area (Å²) in [6.07, 6.45) is 0.750. The van der Waals surface area contributed by atoms with Crippen LogP contribution >= 0.6 is 0 Å². The van der Waals surface area contributed by atoms with Crippen LogP contribution in [0.5, 0.6) is 0 Å². The Morgan fingerprint density at radius 3 is 2.60 bits per heavy atom. The maximum atomic E-state index is 9.67. The van der Waals surface area contributed by atoms with Gasteiger partial charge in [-0.2, -0.15) is 0 Å². The summed E-state index contributed by atoms with van der Waals surface area (Å²) in [5.74, 6) is 1.18. The van der Waals surface area contributed by atoms with Crippen LogP contribution in [-0.2, 0) is 0 Å². The minimum atomic E-state index is -0.827. The Kier molecular flexibility index (Phi) is 3.74. The first kappa shape index (κ1) is 12.0. The summed E-state index contributed by atoms with van der Waals surface area (Å²) in [5.41, 5.74) is 0. The van der Waals surface area contributed by atoms with Crippen LogP contribution in [0.1, 0.15) is 20.8 Å². The van der Waals surface area contributed by atoms with E-state index >= 15 is 0 Å². The largest absolute Gasteiger partial charge is 0.508 e. The van der Waals surface area contributed by atoms with Crippen molar-refractivity contribution in [3.8, 4) is 0 Å². The van der Waals surface area contributed by atoms with Crippen molar-refractivity contribution in [2.75, 3.05) is 13.6 Å². The molecule has 0 spiro atoms. The number of aliphatic imine (C=N–C) groups is 1. The monoisotopic (exact) mass is 212 g/mol. The number of rotatable bonds is 2. The van der Waals surface area contributed by atoms with E-state index in [0.29, 0.717) is 5.92 Å². The van der Waals surface area contributed by atoms with Gasteiger partial charge < -0.3 is 15.1 Å². The molecule has 0 bridgehead atoms. The van der Waals surface area contributed by atoms with E-state index in [1.807, 2.05) is 11.8 Å². The van der Waals surface area contributed by atoms with Crippen LogP contribution in [0.3, 0.4) is 0 Å². The van der Waals surface area contributed by atoms with E-state index in [2.05, 4.69) is 18.8 Å². The average Bonchev–Trinajstić information content (AvgIpc) is 2.14. The SMILES string of the molecule is CN=C1C(C)C(O)C(O)=CN1CC(C)C. The number of aliphatic hydroxyl groups is 2. The van der Waals surface area contributed by atoms with Crippen molar-refractivity contribution >= 4 is 5.84 Å². The van der Waals surface area contributed by atoms with E-state index in [0.717, 1.165) is 12.4 Å². The molecule has 2 unspecified atom stereocenters. The number of hydrogen-bond donors (Lipinski definition) is 2. The maximum absolute atomic E-state index is 9.67. The van der Waals surface area contributed by atoms with Gasteiger partial charge in [-0.1, -0.05) is 20.8 Å². The summed E-state index contributed by atoms with van der Waals surface area (Å²) >= 11 is 0. The summed E-state index contributed by atoms with van der Waals surface area (Å²) in [6, 6.07) is 0. The minimum absolute atomic E-state index is 0.0237. The number of aliphatic hydroxyl groups excluding tert-OH is 2. The van der Waals surface area contributed by atoms with Crippen molar-refractivity contribution in [3.63, 3.8) is 0 Å². The fourth-order valence-corrected chi connectivity index (χ4v) is 1.83. The minimum Gasteiger partial charge on any atom is -0.508 e. The van der Waals surface area contributed by atoms with Crippen LogP contribution in [0, 0.1) is 11.8 Å². The zero-order valence-corrected chi connectivity index (χ0v) is 9.81. The van der Waals surface area contributed by atoms with Crippen LogP contribution < -0.4 is 0 Å². The molecule has 1 heterocycles. The van der Waals surface area contributed by atoms with Gasteiger partial charge in [0.2, 0.25) is 0 Å². The zero-order chi connectivity index (χ0) is 11.6. The number of nitrogens with zero attached hydrogens (tertiary/aromatic N) is 2. The molecule has 0 saturated carbocycles. The number of amidine groups is 1. The molecule has 1 aliphatic heterocycles. The van der Waals surface area contributed by atoms with E-state index in [1.165, 1.54) is 0 Å². The van der Waals surface area contributed by atoms with E-state index in [9.17, 15) is 10.2 Å². The van der Waals surface area contributed by atoms with Gasteiger partial charge in [0.05, 0.1) is 0 Å². The molecule has 0 saturated heterocycles. The van der Waals surface area contributed by atoms with Crippen molar-refractivity contribution in [2.24, 2.45) is 16.8 Å². The highest BCUT2D eigenvalue weighted by Crippen LogP contribution is 2.22. The van der Waals surface area contributed by atoms with E-state index in [-0.39, 0.29) is 11.7 Å². The highest BCUT2D eigenvalue weighted by molar-refractivity contribution is 5.87. The highest BCUT2D eigenvalue weighted by Gasteiger charge is 2.31. The zero-order valence-electron chi connectivity index (χ0n) is 9.81. The van der Waals surface area contributed by atoms with Gasteiger partial charge in [-0.25, -0.2) is 0 Å². The molecule has 15 heavy (non-hydrogen) atoms. The fourth-order valence-electron chi connectivity index (χ4n) is 1.83. The Balaban J connectivity index is 2.94. The maximum Gasteiger partial charge on any atom is 0.138 e. The van der Waals surface area contributed by atoms with E-state index in [4.69, 9.17) is 0 Å². The van der Waals surface area contributed by atoms with E-state index in [1.54, 1.807) is 13.2 Å². The fraction of sp³-hybridized carbons (Fsp3) is 0.727. The molecule has 1 aliphatic rings. The quantitative estimate of drug-likeness (QED) is 0.727. The molecular formula is C11H20N2O2. The Hall–Kier alpha value is -1.03. The Morgan fingerprint density at radius 2 is 2.13 bits per heavy atom. The topological polar surface area (TPSA) is 56.1 Å². The molecule has 0 aromatic carbocycles. The summed E-state index contributed by atoms with van der Waals surface area (Å²) in [4.78, 5) is 6.09. The third-order valence-corrected chi connectivity index (χ3v) is 2.56. The summed E-state index contributed by atoms with van der Waals surface area (Å²) < 4.78 is 0. The highest BCUT2D eigenvalue weighted by atomic mass is 16.3. The lowest BCUT2D eigenvalue weighted by atomic mass is 9.97. The lowest BCUT2D eigenvalue weighted by molar-refractivity contribution is 0.111. The first-order valence-electron chi connectivity index (χ1n) is 5.29. The van der Waals surface area contributed by atoms with Crippen LogP contribution in [0.2, 0.25) is 0 Å². The second-order valence-corrected chi connectivity index (χ2v) is 4.42. The second-order valence-electron chi connectivity index (χ2n) is 4.42. The normalized spacial score (nSPS) is 29.9. The molecule has 4 nitrogen and oxygen atoms in total. The first-order valence-corrected chi connectivity index (χ1v) is 5.29. The molecule has 0 aliphatic carbocycles. The smallest absolute Gasteiger partial charge is 0.138 e. The molecule has 4 heteroatoms. The molecule has 86 valence electrons. The summed E-state index contributed by atoms with van der Waals surface area (Å²) in [7, 11) is 1.71. The molecule has 2 atom stereocenters. The predicted octanol–water partition coefficient (Wildman–Crippen LogP) is 1.38. The Bertz CT molecular complexity index is 284. The van der Waals surface area contributed by atoms with Gasteiger partial charge in [-0.15, -0.1) is 0 Å². The van der Waals surface area contributed by atoms with Crippen molar-refractivity contribution in [3.05, 3.63) is 12.0 Å². The third kappa shape index (κ3) is 2.50. The van der Waals surface area contributed by atoms with Crippen molar-refractivity contribution < 1.29 is 10.2 Å². The number of hydrogen-bond acceptors (Lipinski definition) is 3. The summed E-state index contributed by atoms with van der Waals surface area (Å²) in [6.45, 7) is 6.87. The van der Waals surface area contributed by atoms with Crippen LogP contribution in [0.15, 0.2) is 17.0 Å².